The number of ether oxygens (including phenoxy) is 4. The van der Waals surface area contributed by atoms with Gasteiger partial charge in [-0.15, -0.1) is 0 Å². The monoisotopic (exact) mass is 230 g/mol. The minimum absolute atomic E-state index is 0.0547. The standard InChI is InChI=1S/C10H14O6/c1-13-7(9(11)15-3)5-6-8(14-2)10(12)16-4/h5-6H,1-4H3/b7-5-,8-6+. The first-order chi connectivity index (χ1) is 7.60. The van der Waals surface area contributed by atoms with E-state index in [9.17, 15) is 9.59 Å². The number of rotatable bonds is 5. The second kappa shape index (κ2) is 7.33. The first-order valence-corrected chi connectivity index (χ1v) is 4.27. The van der Waals surface area contributed by atoms with Crippen LogP contribution in [0.15, 0.2) is 23.7 Å². The summed E-state index contributed by atoms with van der Waals surface area (Å²) in [6, 6.07) is 0. The van der Waals surface area contributed by atoms with E-state index in [0.717, 1.165) is 0 Å². The summed E-state index contributed by atoms with van der Waals surface area (Å²) in [7, 11) is 5.05. The van der Waals surface area contributed by atoms with Crippen molar-refractivity contribution in [2.45, 2.75) is 0 Å². The molecule has 6 nitrogen and oxygen atoms in total. The van der Waals surface area contributed by atoms with Crippen molar-refractivity contribution < 1.29 is 28.5 Å². The largest absolute Gasteiger partial charge is 0.490 e. The van der Waals surface area contributed by atoms with E-state index in [-0.39, 0.29) is 11.5 Å². The van der Waals surface area contributed by atoms with Crippen LogP contribution in [0.3, 0.4) is 0 Å². The molecule has 0 aromatic heterocycles. The van der Waals surface area contributed by atoms with E-state index in [1.165, 1.54) is 40.6 Å². The highest BCUT2D eigenvalue weighted by atomic mass is 16.6. The highest BCUT2D eigenvalue weighted by Gasteiger charge is 2.11. The number of hydrogen-bond donors (Lipinski definition) is 0. The Labute approximate surface area is 93.4 Å². The van der Waals surface area contributed by atoms with Gasteiger partial charge in [-0.05, 0) is 12.2 Å². The molecule has 90 valence electrons. The van der Waals surface area contributed by atoms with Gasteiger partial charge in [-0.1, -0.05) is 0 Å². The van der Waals surface area contributed by atoms with E-state index in [1.807, 2.05) is 0 Å². The molecule has 0 fully saturated rings. The number of hydrogen-bond acceptors (Lipinski definition) is 6. The molecule has 0 rings (SSSR count). The van der Waals surface area contributed by atoms with Crippen molar-refractivity contribution in [2.24, 2.45) is 0 Å². The van der Waals surface area contributed by atoms with Crippen LogP contribution in [0.25, 0.3) is 0 Å². The van der Waals surface area contributed by atoms with Crippen LogP contribution < -0.4 is 0 Å². The van der Waals surface area contributed by atoms with Gasteiger partial charge in [0.2, 0.25) is 11.5 Å². The summed E-state index contributed by atoms with van der Waals surface area (Å²) in [5.41, 5.74) is 0. The van der Waals surface area contributed by atoms with Gasteiger partial charge in [0, 0.05) is 0 Å². The van der Waals surface area contributed by atoms with Crippen LogP contribution in [0.2, 0.25) is 0 Å². The van der Waals surface area contributed by atoms with Crippen molar-refractivity contribution >= 4 is 11.9 Å². The average molecular weight is 230 g/mol. The quantitative estimate of drug-likeness (QED) is 0.294. The predicted molar refractivity (Wildman–Crippen MR) is 54.2 cm³/mol. The maximum atomic E-state index is 11.1. The molecule has 0 saturated heterocycles. The summed E-state index contributed by atoms with van der Waals surface area (Å²) >= 11 is 0. The van der Waals surface area contributed by atoms with Gasteiger partial charge in [-0.3, -0.25) is 0 Å². The fraction of sp³-hybridized carbons (Fsp3) is 0.400. The lowest BCUT2D eigenvalue weighted by Gasteiger charge is -2.03. The molecule has 0 aliphatic carbocycles. The Kier molecular flexibility index (Phi) is 6.42. The van der Waals surface area contributed by atoms with E-state index >= 15 is 0 Å². The third-order valence-electron chi connectivity index (χ3n) is 1.60. The van der Waals surface area contributed by atoms with Crippen LogP contribution in [-0.4, -0.2) is 40.4 Å². The topological polar surface area (TPSA) is 71.1 Å². The van der Waals surface area contributed by atoms with Crippen LogP contribution in [-0.2, 0) is 28.5 Å². The van der Waals surface area contributed by atoms with Gasteiger partial charge < -0.3 is 18.9 Å². The van der Waals surface area contributed by atoms with Crippen LogP contribution >= 0.6 is 0 Å². The van der Waals surface area contributed by atoms with Gasteiger partial charge in [0.25, 0.3) is 0 Å². The zero-order chi connectivity index (χ0) is 12.6. The molecule has 6 heteroatoms. The van der Waals surface area contributed by atoms with Crippen molar-refractivity contribution in [3.63, 3.8) is 0 Å². The number of esters is 2. The molecule has 0 heterocycles. The smallest absolute Gasteiger partial charge is 0.373 e. The minimum Gasteiger partial charge on any atom is -0.490 e. The Morgan fingerprint density at radius 3 is 1.19 bits per heavy atom. The zero-order valence-electron chi connectivity index (χ0n) is 9.60. The Morgan fingerprint density at radius 2 is 1.00 bits per heavy atom. The Balaban J connectivity index is 4.90. The molecule has 0 aliphatic heterocycles. The lowest BCUT2D eigenvalue weighted by Crippen LogP contribution is -2.08. The average Bonchev–Trinajstić information content (AvgIpc) is 2.33. The molecule has 0 aromatic rings. The maximum Gasteiger partial charge on any atom is 0.373 e. The van der Waals surface area contributed by atoms with Crippen molar-refractivity contribution in [1.29, 1.82) is 0 Å². The van der Waals surface area contributed by atoms with Crippen LogP contribution in [0.4, 0.5) is 0 Å². The van der Waals surface area contributed by atoms with Gasteiger partial charge in [0.1, 0.15) is 0 Å². The van der Waals surface area contributed by atoms with Crippen molar-refractivity contribution in [3.05, 3.63) is 23.7 Å². The maximum absolute atomic E-state index is 11.1. The van der Waals surface area contributed by atoms with E-state index in [4.69, 9.17) is 9.47 Å². The van der Waals surface area contributed by atoms with E-state index in [2.05, 4.69) is 9.47 Å². The molecule has 0 radical (unpaired) electrons. The van der Waals surface area contributed by atoms with E-state index in [0.29, 0.717) is 0 Å². The molecule has 0 spiro atoms. The van der Waals surface area contributed by atoms with Crippen molar-refractivity contribution in [2.75, 3.05) is 28.4 Å². The zero-order valence-corrected chi connectivity index (χ0v) is 9.60. The molecule has 0 aliphatic rings. The second-order valence-electron chi connectivity index (χ2n) is 2.45. The number of methoxy groups -OCH3 is 4. The molecule has 0 aromatic carbocycles. The molecular formula is C10H14O6. The highest BCUT2D eigenvalue weighted by Crippen LogP contribution is 2.03. The summed E-state index contributed by atoms with van der Waals surface area (Å²) in [4.78, 5) is 22.2. The summed E-state index contributed by atoms with van der Waals surface area (Å²) < 4.78 is 18.4. The minimum atomic E-state index is -0.654. The van der Waals surface area contributed by atoms with Gasteiger partial charge in [0.05, 0.1) is 28.4 Å². The number of allylic oxidation sites excluding steroid dienone is 2. The summed E-state index contributed by atoms with van der Waals surface area (Å²) in [5.74, 6) is -1.42. The summed E-state index contributed by atoms with van der Waals surface area (Å²) in [6.07, 6.45) is 2.50. The molecule has 0 N–H and O–H groups in total. The van der Waals surface area contributed by atoms with Crippen LogP contribution in [0, 0.1) is 0 Å². The van der Waals surface area contributed by atoms with Crippen molar-refractivity contribution in [1.82, 2.24) is 0 Å². The molecule has 0 amide bonds. The Morgan fingerprint density at radius 1 is 0.688 bits per heavy atom. The molecule has 0 unspecified atom stereocenters. The van der Waals surface area contributed by atoms with E-state index < -0.39 is 11.9 Å². The molecular weight excluding hydrogens is 216 g/mol. The molecule has 16 heavy (non-hydrogen) atoms. The first-order valence-electron chi connectivity index (χ1n) is 4.27. The third-order valence-corrected chi connectivity index (χ3v) is 1.60. The lowest BCUT2D eigenvalue weighted by atomic mass is 10.3. The van der Waals surface area contributed by atoms with Gasteiger partial charge >= 0.3 is 11.9 Å². The summed E-state index contributed by atoms with van der Waals surface area (Å²) in [5, 5.41) is 0. The number of carbonyl (C=O) groups excluding carboxylic acids is 2. The normalized spacial score (nSPS) is 11.8. The number of carbonyl (C=O) groups is 2. The van der Waals surface area contributed by atoms with Crippen LogP contribution in [0.5, 0.6) is 0 Å². The fourth-order valence-corrected chi connectivity index (χ4v) is 0.791. The van der Waals surface area contributed by atoms with E-state index in [1.54, 1.807) is 0 Å². The predicted octanol–water partition coefficient (Wildman–Crippen LogP) is 0.393. The molecule has 0 bridgehead atoms. The first kappa shape index (κ1) is 14.0. The lowest BCUT2D eigenvalue weighted by molar-refractivity contribution is -0.140. The van der Waals surface area contributed by atoms with Gasteiger partial charge in [-0.2, -0.15) is 0 Å². The Bertz CT molecular complexity index is 283. The third kappa shape index (κ3) is 4.04. The van der Waals surface area contributed by atoms with Gasteiger partial charge in [-0.25, -0.2) is 9.59 Å². The highest BCUT2D eigenvalue weighted by molar-refractivity contribution is 5.88. The fourth-order valence-electron chi connectivity index (χ4n) is 0.791. The van der Waals surface area contributed by atoms with Crippen LogP contribution in [0.1, 0.15) is 0 Å². The second-order valence-corrected chi connectivity index (χ2v) is 2.45. The van der Waals surface area contributed by atoms with Crippen molar-refractivity contribution in [3.8, 4) is 0 Å². The summed E-state index contributed by atoms with van der Waals surface area (Å²) in [6.45, 7) is 0. The Hall–Kier alpha value is -1.98. The molecule has 0 saturated carbocycles. The SMILES string of the molecule is COC(=O)/C(=C/C=C(/OC)C(=O)OC)OC. The molecule has 0 atom stereocenters. The van der Waals surface area contributed by atoms with Gasteiger partial charge in [0.15, 0.2) is 0 Å².